The number of hydrogen-bond acceptors (Lipinski definition) is 4. The molecule has 0 atom stereocenters. The molecule has 0 bridgehead atoms. The molecule has 1 heterocycles. The Balaban J connectivity index is 2.28. The second-order valence-electron chi connectivity index (χ2n) is 5.84. The van der Waals surface area contributed by atoms with Crippen LogP contribution in [0.5, 0.6) is 0 Å². The van der Waals surface area contributed by atoms with Crippen molar-refractivity contribution >= 4 is 11.9 Å². The molecule has 0 radical (unpaired) electrons. The van der Waals surface area contributed by atoms with Crippen LogP contribution in [0.1, 0.15) is 56.6 Å². The van der Waals surface area contributed by atoms with Gasteiger partial charge in [0.1, 0.15) is 5.60 Å². The summed E-state index contributed by atoms with van der Waals surface area (Å²) in [6.45, 7) is 7.95. The van der Waals surface area contributed by atoms with E-state index in [9.17, 15) is 9.59 Å². The molecule has 1 rings (SSSR count). The van der Waals surface area contributed by atoms with Gasteiger partial charge >= 0.3 is 5.97 Å². The molecule has 0 spiro atoms. The number of aromatic nitrogens is 1. The maximum atomic E-state index is 11.9. The number of hydrogen-bond donors (Lipinski definition) is 1. The molecule has 116 valence electrons. The van der Waals surface area contributed by atoms with E-state index >= 15 is 0 Å². The first-order valence-electron chi connectivity index (χ1n) is 7.27. The Morgan fingerprint density at radius 1 is 1.29 bits per heavy atom. The van der Waals surface area contributed by atoms with Crippen molar-refractivity contribution in [1.29, 1.82) is 0 Å². The van der Waals surface area contributed by atoms with Gasteiger partial charge < -0.3 is 10.1 Å². The molecule has 0 saturated heterocycles. The van der Waals surface area contributed by atoms with E-state index in [2.05, 4.69) is 10.3 Å². The smallest absolute Gasteiger partial charge is 0.306 e. The van der Waals surface area contributed by atoms with E-state index in [-0.39, 0.29) is 11.9 Å². The molecule has 0 aliphatic carbocycles. The predicted octanol–water partition coefficient (Wildman–Crippen LogP) is 2.50. The third kappa shape index (κ3) is 6.88. The van der Waals surface area contributed by atoms with E-state index in [0.29, 0.717) is 24.9 Å². The van der Waals surface area contributed by atoms with Crippen LogP contribution in [0.3, 0.4) is 0 Å². The molecule has 21 heavy (non-hydrogen) atoms. The minimum Gasteiger partial charge on any atom is -0.460 e. The molecular weight excluding hydrogens is 268 g/mol. The molecule has 5 heteroatoms. The number of pyridine rings is 1. The Morgan fingerprint density at radius 2 is 2.00 bits per heavy atom. The number of ether oxygens (including phenoxy) is 1. The normalized spacial score (nSPS) is 11.0. The fourth-order valence-corrected chi connectivity index (χ4v) is 1.70. The van der Waals surface area contributed by atoms with E-state index in [1.165, 1.54) is 0 Å². The molecule has 1 aromatic heterocycles. The van der Waals surface area contributed by atoms with E-state index in [4.69, 9.17) is 4.74 Å². The number of esters is 1. The molecule has 0 unspecified atom stereocenters. The average Bonchev–Trinajstić information content (AvgIpc) is 2.41. The maximum Gasteiger partial charge on any atom is 0.306 e. The van der Waals surface area contributed by atoms with Gasteiger partial charge in [-0.05, 0) is 45.7 Å². The quantitative estimate of drug-likeness (QED) is 0.646. The lowest BCUT2D eigenvalue weighted by Crippen LogP contribution is -2.27. The predicted molar refractivity (Wildman–Crippen MR) is 81.0 cm³/mol. The van der Waals surface area contributed by atoms with Crippen molar-refractivity contribution in [1.82, 2.24) is 10.3 Å². The number of nitrogens with one attached hydrogen (secondary N) is 1. The fourth-order valence-electron chi connectivity index (χ4n) is 1.70. The molecule has 0 fully saturated rings. The minimum atomic E-state index is -0.465. The summed E-state index contributed by atoms with van der Waals surface area (Å²) in [5.74, 6) is -0.417. The highest BCUT2D eigenvalue weighted by Crippen LogP contribution is 2.09. The van der Waals surface area contributed by atoms with E-state index in [0.717, 1.165) is 12.1 Å². The summed E-state index contributed by atoms with van der Waals surface area (Å²) in [4.78, 5) is 27.5. The van der Waals surface area contributed by atoms with Crippen molar-refractivity contribution < 1.29 is 14.3 Å². The molecule has 0 aliphatic heterocycles. The van der Waals surface area contributed by atoms with Gasteiger partial charge in [-0.25, -0.2) is 0 Å². The zero-order valence-electron chi connectivity index (χ0n) is 13.2. The summed E-state index contributed by atoms with van der Waals surface area (Å²) in [6.07, 6.45) is 3.27. The Hall–Kier alpha value is -1.91. The van der Waals surface area contributed by atoms with E-state index in [1.54, 1.807) is 12.3 Å². The van der Waals surface area contributed by atoms with Crippen LogP contribution in [0.15, 0.2) is 18.3 Å². The van der Waals surface area contributed by atoms with Crippen LogP contribution in [-0.4, -0.2) is 29.0 Å². The van der Waals surface area contributed by atoms with Crippen LogP contribution < -0.4 is 5.32 Å². The molecule has 0 aromatic carbocycles. The van der Waals surface area contributed by atoms with Gasteiger partial charge in [-0.1, -0.05) is 6.92 Å². The largest absolute Gasteiger partial charge is 0.460 e. The first-order valence-corrected chi connectivity index (χ1v) is 7.27. The first kappa shape index (κ1) is 17.1. The Bertz CT molecular complexity index is 475. The van der Waals surface area contributed by atoms with Crippen LogP contribution in [0, 0.1) is 0 Å². The van der Waals surface area contributed by atoms with Gasteiger partial charge in [0.2, 0.25) is 0 Å². The van der Waals surface area contributed by atoms with Gasteiger partial charge in [-0.3, -0.25) is 14.6 Å². The topological polar surface area (TPSA) is 68.3 Å². The van der Waals surface area contributed by atoms with Crippen LogP contribution in [0.2, 0.25) is 0 Å². The maximum absolute atomic E-state index is 11.9. The molecule has 0 aliphatic rings. The summed E-state index contributed by atoms with van der Waals surface area (Å²) in [5, 5.41) is 2.77. The lowest BCUT2D eigenvalue weighted by molar-refractivity contribution is -0.154. The first-order chi connectivity index (χ1) is 9.81. The summed E-state index contributed by atoms with van der Waals surface area (Å²) >= 11 is 0. The van der Waals surface area contributed by atoms with Crippen molar-refractivity contribution in [2.24, 2.45) is 0 Å². The highest BCUT2D eigenvalue weighted by Gasteiger charge is 2.15. The molecule has 5 nitrogen and oxygen atoms in total. The SMILES string of the molecule is CCc1ccc(C(=O)NCCCC(=O)OC(C)(C)C)cn1. The van der Waals surface area contributed by atoms with Crippen molar-refractivity contribution in [3.05, 3.63) is 29.6 Å². The van der Waals surface area contributed by atoms with Crippen molar-refractivity contribution in [2.45, 2.75) is 52.6 Å². The fraction of sp³-hybridized carbons (Fsp3) is 0.562. The van der Waals surface area contributed by atoms with Gasteiger partial charge in [0.05, 0.1) is 5.56 Å². The number of rotatable bonds is 6. The Morgan fingerprint density at radius 3 is 2.52 bits per heavy atom. The monoisotopic (exact) mass is 292 g/mol. The number of carbonyl (C=O) groups excluding carboxylic acids is 2. The second-order valence-corrected chi connectivity index (χ2v) is 5.84. The van der Waals surface area contributed by atoms with Crippen molar-refractivity contribution in [3.8, 4) is 0 Å². The number of carbonyl (C=O) groups is 2. The number of amides is 1. The van der Waals surface area contributed by atoms with Crippen molar-refractivity contribution in [3.63, 3.8) is 0 Å². The number of aryl methyl sites for hydroxylation is 1. The van der Waals surface area contributed by atoms with E-state index in [1.807, 2.05) is 33.8 Å². The highest BCUT2D eigenvalue weighted by molar-refractivity contribution is 5.93. The van der Waals surface area contributed by atoms with E-state index < -0.39 is 5.60 Å². The van der Waals surface area contributed by atoms with Gasteiger partial charge in [0.15, 0.2) is 0 Å². The summed E-state index contributed by atoms with van der Waals surface area (Å²) in [5.41, 5.74) is 1.02. The van der Waals surface area contributed by atoms with Gasteiger partial charge in [-0.15, -0.1) is 0 Å². The minimum absolute atomic E-state index is 0.172. The molecule has 1 aromatic rings. The van der Waals surface area contributed by atoms with Crippen LogP contribution in [0.4, 0.5) is 0 Å². The van der Waals surface area contributed by atoms with Crippen LogP contribution in [0.25, 0.3) is 0 Å². The van der Waals surface area contributed by atoms with Crippen LogP contribution in [-0.2, 0) is 16.0 Å². The van der Waals surface area contributed by atoms with Crippen molar-refractivity contribution in [2.75, 3.05) is 6.54 Å². The number of nitrogens with zero attached hydrogens (tertiary/aromatic N) is 1. The second kappa shape index (κ2) is 7.76. The molecule has 1 amide bonds. The summed E-state index contributed by atoms with van der Waals surface area (Å²) in [7, 11) is 0. The zero-order valence-corrected chi connectivity index (χ0v) is 13.2. The van der Waals surface area contributed by atoms with Gasteiger partial charge in [0, 0.05) is 24.9 Å². The lowest BCUT2D eigenvalue weighted by atomic mass is 10.2. The van der Waals surface area contributed by atoms with Crippen LogP contribution >= 0.6 is 0 Å². The average molecular weight is 292 g/mol. The third-order valence-corrected chi connectivity index (χ3v) is 2.71. The molecule has 0 saturated carbocycles. The standard InChI is InChI=1S/C16H24N2O3/c1-5-13-9-8-12(11-18-13)15(20)17-10-6-7-14(19)21-16(2,3)4/h8-9,11H,5-7,10H2,1-4H3,(H,17,20). The summed E-state index contributed by atoms with van der Waals surface area (Å²) in [6, 6.07) is 3.60. The zero-order chi connectivity index (χ0) is 15.9. The summed E-state index contributed by atoms with van der Waals surface area (Å²) < 4.78 is 5.19. The van der Waals surface area contributed by atoms with Gasteiger partial charge in [0.25, 0.3) is 5.91 Å². The molecular formula is C16H24N2O3. The Kier molecular flexibility index (Phi) is 6.34. The molecule has 1 N–H and O–H groups in total. The Labute approximate surface area is 126 Å². The highest BCUT2D eigenvalue weighted by atomic mass is 16.6. The van der Waals surface area contributed by atoms with Gasteiger partial charge in [-0.2, -0.15) is 0 Å². The lowest BCUT2D eigenvalue weighted by Gasteiger charge is -2.19. The third-order valence-electron chi connectivity index (χ3n) is 2.71.